The van der Waals surface area contributed by atoms with Gasteiger partial charge in [0.1, 0.15) is 5.69 Å². The molecule has 0 fully saturated rings. The number of aryl methyl sites for hydroxylation is 1. The third-order valence-corrected chi connectivity index (χ3v) is 8.51. The Kier molecular flexibility index (Phi) is 9.96. The van der Waals surface area contributed by atoms with Crippen molar-refractivity contribution < 1.29 is 19.0 Å². The molecule has 10 nitrogen and oxygen atoms in total. The van der Waals surface area contributed by atoms with Crippen LogP contribution in [0.2, 0.25) is 0 Å². The van der Waals surface area contributed by atoms with E-state index in [0.717, 1.165) is 28.2 Å². The minimum atomic E-state index is -0.0551. The van der Waals surface area contributed by atoms with Crippen molar-refractivity contribution in [1.82, 2.24) is 24.5 Å². The molecule has 0 aliphatic heterocycles. The summed E-state index contributed by atoms with van der Waals surface area (Å²) in [4.78, 5) is 17.7. The Labute approximate surface area is 283 Å². The molecule has 11 heteroatoms. The Balaban J connectivity index is 1.23. The number of aromatic nitrogens is 5. The highest BCUT2D eigenvalue weighted by molar-refractivity contribution is 7.99. The number of rotatable bonds is 13. The zero-order valence-electron chi connectivity index (χ0n) is 27.0. The van der Waals surface area contributed by atoms with Gasteiger partial charge in [0.05, 0.1) is 39.3 Å². The predicted octanol–water partition coefficient (Wildman–Crippen LogP) is 6.90. The summed E-state index contributed by atoms with van der Waals surface area (Å²) in [6.07, 6.45) is 3.65. The lowest BCUT2D eigenvalue weighted by molar-refractivity contribution is -0.115. The SMILES string of the molecule is COc1cc(-c2nnc(SCC(=O)CN=Cc3cn(-c4ccccc4)nc3-c3ccc(C)cc3)n2-c2ccccc2)cc(OC)c1OC. The third kappa shape index (κ3) is 7.01. The number of aliphatic imine (C=N–C) groups is 1. The molecule has 0 atom stereocenters. The van der Waals surface area contributed by atoms with Crippen LogP contribution in [-0.2, 0) is 4.79 Å². The molecule has 4 aromatic carbocycles. The van der Waals surface area contributed by atoms with E-state index in [4.69, 9.17) is 19.3 Å². The minimum Gasteiger partial charge on any atom is -0.493 e. The predicted molar refractivity (Wildman–Crippen MR) is 188 cm³/mol. The monoisotopic (exact) mass is 658 g/mol. The summed E-state index contributed by atoms with van der Waals surface area (Å²) in [6, 6.07) is 31.5. The van der Waals surface area contributed by atoms with E-state index < -0.39 is 0 Å². The fourth-order valence-corrected chi connectivity index (χ4v) is 5.94. The molecule has 0 amide bonds. The van der Waals surface area contributed by atoms with E-state index in [9.17, 15) is 4.79 Å². The molecule has 0 aliphatic carbocycles. The molecule has 0 unspecified atom stereocenters. The van der Waals surface area contributed by atoms with E-state index in [-0.39, 0.29) is 18.1 Å². The van der Waals surface area contributed by atoms with Crippen LogP contribution in [0.5, 0.6) is 17.2 Å². The van der Waals surface area contributed by atoms with Crippen LogP contribution >= 0.6 is 11.8 Å². The number of carbonyl (C=O) groups is 1. The summed E-state index contributed by atoms with van der Waals surface area (Å²) in [5.74, 6) is 2.14. The maximum absolute atomic E-state index is 13.1. The van der Waals surface area contributed by atoms with E-state index in [0.29, 0.717) is 33.8 Å². The molecule has 6 aromatic rings. The van der Waals surface area contributed by atoms with Gasteiger partial charge in [-0.25, -0.2) is 4.68 Å². The van der Waals surface area contributed by atoms with Crippen molar-refractivity contribution in [3.05, 3.63) is 114 Å². The summed E-state index contributed by atoms with van der Waals surface area (Å²) in [5, 5.41) is 14.4. The molecule has 2 aromatic heterocycles. The van der Waals surface area contributed by atoms with Crippen molar-refractivity contribution in [3.8, 4) is 51.3 Å². The molecule has 0 aliphatic rings. The van der Waals surface area contributed by atoms with Crippen molar-refractivity contribution in [2.75, 3.05) is 33.6 Å². The number of hydrogen-bond acceptors (Lipinski definition) is 9. The highest BCUT2D eigenvalue weighted by Gasteiger charge is 2.21. The maximum Gasteiger partial charge on any atom is 0.203 e. The van der Waals surface area contributed by atoms with Gasteiger partial charge < -0.3 is 14.2 Å². The summed E-state index contributed by atoms with van der Waals surface area (Å²) < 4.78 is 20.4. The molecule has 2 heterocycles. The lowest BCUT2D eigenvalue weighted by Gasteiger charge is -2.15. The molecular formula is C37H34N6O4S. The van der Waals surface area contributed by atoms with Gasteiger partial charge in [-0.2, -0.15) is 5.10 Å². The van der Waals surface area contributed by atoms with Crippen LogP contribution in [0, 0.1) is 6.92 Å². The van der Waals surface area contributed by atoms with Gasteiger partial charge in [0.15, 0.2) is 28.3 Å². The number of methoxy groups -OCH3 is 3. The average Bonchev–Trinajstić information content (AvgIpc) is 3.76. The number of benzene rings is 4. The Morgan fingerprint density at radius 3 is 2.08 bits per heavy atom. The van der Waals surface area contributed by atoms with Crippen LogP contribution in [0.25, 0.3) is 34.0 Å². The maximum atomic E-state index is 13.1. The van der Waals surface area contributed by atoms with Gasteiger partial charge in [-0.1, -0.05) is 78.0 Å². The lowest BCUT2D eigenvalue weighted by atomic mass is 10.1. The number of para-hydroxylation sites is 2. The minimum absolute atomic E-state index is 0.00998. The Bertz CT molecular complexity index is 2020. The van der Waals surface area contributed by atoms with E-state index in [2.05, 4.69) is 34.2 Å². The van der Waals surface area contributed by atoms with E-state index in [1.807, 2.05) is 100 Å². The molecule has 0 radical (unpaired) electrons. The zero-order chi connectivity index (χ0) is 33.5. The number of thioether (sulfide) groups is 1. The number of ketones is 1. The largest absolute Gasteiger partial charge is 0.493 e. The number of hydrogen-bond donors (Lipinski definition) is 0. The van der Waals surface area contributed by atoms with Gasteiger partial charge in [0.2, 0.25) is 5.75 Å². The average molecular weight is 659 g/mol. The highest BCUT2D eigenvalue weighted by Crippen LogP contribution is 2.41. The number of ether oxygens (including phenoxy) is 3. The molecule has 0 N–H and O–H groups in total. The van der Waals surface area contributed by atoms with E-state index >= 15 is 0 Å². The second-order valence-corrected chi connectivity index (χ2v) is 11.7. The number of Topliss-reactive ketones (excluding diaryl/α,β-unsaturated/α-hetero) is 1. The van der Waals surface area contributed by atoms with Gasteiger partial charge >= 0.3 is 0 Å². The summed E-state index contributed by atoms with van der Waals surface area (Å²) in [6.45, 7) is 2.06. The third-order valence-electron chi connectivity index (χ3n) is 7.52. The van der Waals surface area contributed by atoms with Crippen LogP contribution in [0.3, 0.4) is 0 Å². The molecule has 6 rings (SSSR count). The van der Waals surface area contributed by atoms with Gasteiger partial charge in [0, 0.05) is 34.8 Å². The summed E-state index contributed by atoms with van der Waals surface area (Å²) >= 11 is 1.30. The van der Waals surface area contributed by atoms with Gasteiger partial charge in [-0.15, -0.1) is 10.2 Å². The quantitative estimate of drug-likeness (QED) is 0.0975. The van der Waals surface area contributed by atoms with Crippen molar-refractivity contribution in [3.63, 3.8) is 0 Å². The first-order chi connectivity index (χ1) is 23.5. The Hall–Kier alpha value is -5.68. The van der Waals surface area contributed by atoms with E-state index in [1.54, 1.807) is 27.5 Å². The molecular weight excluding hydrogens is 625 g/mol. The first-order valence-corrected chi connectivity index (χ1v) is 16.1. The smallest absolute Gasteiger partial charge is 0.203 e. The first kappa shape index (κ1) is 32.3. The van der Waals surface area contributed by atoms with Crippen molar-refractivity contribution in [2.24, 2.45) is 4.99 Å². The second-order valence-electron chi connectivity index (χ2n) is 10.8. The van der Waals surface area contributed by atoms with Crippen LogP contribution < -0.4 is 14.2 Å². The normalized spacial score (nSPS) is 11.2. The van der Waals surface area contributed by atoms with Crippen LogP contribution in [0.1, 0.15) is 11.1 Å². The highest BCUT2D eigenvalue weighted by atomic mass is 32.2. The van der Waals surface area contributed by atoms with Crippen LogP contribution in [0.4, 0.5) is 0 Å². The molecule has 0 saturated carbocycles. The Morgan fingerprint density at radius 1 is 0.812 bits per heavy atom. The van der Waals surface area contributed by atoms with Gasteiger partial charge in [-0.05, 0) is 43.3 Å². The molecule has 0 bridgehead atoms. The van der Waals surface area contributed by atoms with E-state index in [1.165, 1.54) is 17.3 Å². The van der Waals surface area contributed by atoms with Crippen LogP contribution in [0.15, 0.2) is 113 Å². The lowest BCUT2D eigenvalue weighted by Crippen LogP contribution is -2.08. The fraction of sp³-hybridized carbons (Fsp3) is 0.162. The van der Waals surface area contributed by atoms with Crippen molar-refractivity contribution in [1.29, 1.82) is 0 Å². The molecule has 0 spiro atoms. The summed E-state index contributed by atoms with van der Waals surface area (Å²) in [7, 11) is 4.69. The van der Waals surface area contributed by atoms with Crippen LogP contribution in [-0.4, -0.2) is 70.2 Å². The van der Waals surface area contributed by atoms with Crippen molar-refractivity contribution >= 4 is 23.8 Å². The first-order valence-electron chi connectivity index (χ1n) is 15.2. The zero-order valence-corrected chi connectivity index (χ0v) is 27.8. The molecule has 0 saturated heterocycles. The number of nitrogens with zero attached hydrogens (tertiary/aromatic N) is 6. The topological polar surface area (TPSA) is 106 Å². The number of carbonyl (C=O) groups excluding carboxylic acids is 1. The fourth-order valence-electron chi connectivity index (χ4n) is 5.14. The molecule has 48 heavy (non-hydrogen) atoms. The molecule has 242 valence electrons. The van der Waals surface area contributed by atoms with Gasteiger partial charge in [0.25, 0.3) is 0 Å². The van der Waals surface area contributed by atoms with Crippen molar-refractivity contribution in [2.45, 2.75) is 12.1 Å². The van der Waals surface area contributed by atoms with Gasteiger partial charge in [-0.3, -0.25) is 14.4 Å². The standard InChI is InChI=1S/C37H34N6O4S/c1-25-15-17-26(18-16-25)34-28(23-42(41-34)29-11-7-5-8-12-29)21-38-22-31(44)24-48-37-40-39-36(43(37)30-13-9-6-10-14-30)27-19-32(45-2)35(47-4)33(20-27)46-3/h5-21,23H,22,24H2,1-4H3. The Morgan fingerprint density at radius 2 is 1.46 bits per heavy atom. The summed E-state index contributed by atoms with van der Waals surface area (Å²) in [5.41, 5.74) is 6.25. The second kappa shape index (κ2) is 14.8.